The van der Waals surface area contributed by atoms with Crippen molar-refractivity contribution in [1.29, 1.82) is 0 Å². The second-order valence-electron chi connectivity index (χ2n) is 6.10. The Morgan fingerprint density at radius 1 is 1.23 bits per heavy atom. The summed E-state index contributed by atoms with van der Waals surface area (Å²) in [5.41, 5.74) is -1.55. The average molecular weight is 444 g/mol. The molecule has 0 bridgehead atoms. The fraction of sp³-hybridized carbons (Fsp3) is 0.235. The topological polar surface area (TPSA) is 116 Å². The molecular weight excluding hydrogens is 429 g/mol. The van der Waals surface area contributed by atoms with Gasteiger partial charge in [-0.3, -0.25) is 9.48 Å². The molecule has 160 valence electrons. The van der Waals surface area contributed by atoms with Gasteiger partial charge in [-0.1, -0.05) is 0 Å². The van der Waals surface area contributed by atoms with Gasteiger partial charge in [0.2, 0.25) is 5.89 Å². The number of carbonyl (C=O) groups excluding carboxylic acids is 1. The monoisotopic (exact) mass is 444 g/mol. The molecule has 3 rings (SSSR count). The zero-order valence-electron chi connectivity index (χ0n) is 15.8. The summed E-state index contributed by atoms with van der Waals surface area (Å²) < 4.78 is 76.7. The summed E-state index contributed by atoms with van der Waals surface area (Å²) in [6, 6.07) is 6.46. The lowest BCUT2D eigenvalue weighted by Gasteiger charge is -2.07. The number of amides is 1. The molecule has 1 aromatic carbocycles. The van der Waals surface area contributed by atoms with E-state index in [9.17, 15) is 26.4 Å². The van der Waals surface area contributed by atoms with Crippen LogP contribution < -0.4 is 9.46 Å². The summed E-state index contributed by atoms with van der Waals surface area (Å²) in [6.45, 7) is 1.37. The molecule has 0 saturated heterocycles. The Kier molecular flexibility index (Phi) is 5.33. The number of nitrogens with zero attached hydrogens (tertiary/aromatic N) is 3. The average Bonchev–Trinajstić information content (AvgIpc) is 3.25. The fourth-order valence-electron chi connectivity index (χ4n) is 2.55. The van der Waals surface area contributed by atoms with Crippen molar-refractivity contribution in [2.75, 3.05) is 7.11 Å². The zero-order chi connectivity index (χ0) is 22.3. The van der Waals surface area contributed by atoms with Crippen molar-refractivity contribution in [3.63, 3.8) is 0 Å². The van der Waals surface area contributed by atoms with Crippen molar-refractivity contribution >= 4 is 15.9 Å². The number of methoxy groups -OCH3 is 1. The van der Waals surface area contributed by atoms with Crippen LogP contribution in [-0.2, 0) is 23.2 Å². The molecular formula is C17H15F3N4O5S. The Labute approximate surface area is 168 Å². The second kappa shape index (κ2) is 7.48. The third-order valence-corrected chi connectivity index (χ3v) is 5.26. The van der Waals surface area contributed by atoms with Crippen LogP contribution in [0.1, 0.15) is 21.9 Å². The Hall–Kier alpha value is -3.35. The summed E-state index contributed by atoms with van der Waals surface area (Å²) in [6.07, 6.45) is -4.38. The number of halogens is 3. The van der Waals surface area contributed by atoms with Crippen molar-refractivity contribution in [2.45, 2.75) is 18.0 Å². The summed E-state index contributed by atoms with van der Waals surface area (Å²) in [5, 5.41) is 3.12. The smallest absolute Gasteiger partial charge is 0.436 e. The van der Waals surface area contributed by atoms with Gasteiger partial charge in [0.15, 0.2) is 11.4 Å². The lowest BCUT2D eigenvalue weighted by Crippen LogP contribution is -2.32. The lowest BCUT2D eigenvalue weighted by atomic mass is 10.2. The first-order valence-electron chi connectivity index (χ1n) is 8.22. The number of ether oxygens (including phenoxy) is 1. The van der Waals surface area contributed by atoms with Crippen molar-refractivity contribution in [3.8, 4) is 17.2 Å². The molecule has 0 aliphatic carbocycles. The van der Waals surface area contributed by atoms with E-state index in [2.05, 4.69) is 10.1 Å². The predicted molar refractivity (Wildman–Crippen MR) is 96.1 cm³/mol. The molecule has 0 fully saturated rings. The van der Waals surface area contributed by atoms with Crippen LogP contribution in [0.4, 0.5) is 13.2 Å². The standard InChI is InChI=1S/C17H15F3N4O5S/c1-9-13(21-16(29-9)10-4-6-11(28-3)7-5-10)15(25)23-30(26,27)12-8-24(2)22-14(12)17(18,19)20/h4-8H,1-3H3,(H,23,25). The maximum absolute atomic E-state index is 13.1. The van der Waals surface area contributed by atoms with E-state index in [1.807, 2.05) is 0 Å². The number of hydrogen-bond donors (Lipinski definition) is 1. The molecule has 3 aromatic rings. The van der Waals surface area contributed by atoms with E-state index < -0.39 is 32.7 Å². The number of nitrogens with one attached hydrogen (secondary N) is 1. The number of aromatic nitrogens is 3. The SMILES string of the molecule is COc1ccc(-c2nc(C(=O)NS(=O)(=O)c3cn(C)nc3C(F)(F)F)c(C)o2)cc1. The molecule has 13 heteroatoms. The van der Waals surface area contributed by atoms with Crippen LogP contribution in [0.2, 0.25) is 0 Å². The first-order valence-corrected chi connectivity index (χ1v) is 9.70. The molecule has 0 aliphatic rings. The second-order valence-corrected chi connectivity index (χ2v) is 7.75. The zero-order valence-corrected chi connectivity index (χ0v) is 16.6. The van der Waals surface area contributed by atoms with Crippen molar-refractivity contribution in [3.05, 3.63) is 47.6 Å². The van der Waals surface area contributed by atoms with Crippen LogP contribution in [-0.4, -0.2) is 36.2 Å². The maximum atomic E-state index is 13.1. The molecule has 9 nitrogen and oxygen atoms in total. The fourth-order valence-corrected chi connectivity index (χ4v) is 3.70. The van der Waals surface area contributed by atoms with Gasteiger partial charge >= 0.3 is 6.18 Å². The van der Waals surface area contributed by atoms with Crippen LogP contribution in [0.25, 0.3) is 11.5 Å². The van der Waals surface area contributed by atoms with Crippen molar-refractivity contribution in [2.24, 2.45) is 7.05 Å². The third kappa shape index (κ3) is 4.15. The van der Waals surface area contributed by atoms with Gasteiger partial charge in [-0.25, -0.2) is 18.1 Å². The molecule has 2 heterocycles. The number of carbonyl (C=O) groups is 1. The molecule has 0 radical (unpaired) electrons. The summed E-state index contributed by atoms with van der Waals surface area (Å²) in [7, 11) is -2.27. The Morgan fingerprint density at radius 3 is 2.43 bits per heavy atom. The van der Waals surface area contributed by atoms with Gasteiger partial charge in [-0.15, -0.1) is 0 Å². The Balaban J connectivity index is 1.90. The van der Waals surface area contributed by atoms with Crippen LogP contribution in [0.5, 0.6) is 5.75 Å². The van der Waals surface area contributed by atoms with Gasteiger partial charge in [-0.05, 0) is 31.2 Å². The summed E-state index contributed by atoms with van der Waals surface area (Å²) in [4.78, 5) is 15.2. The van der Waals surface area contributed by atoms with Gasteiger partial charge in [0.05, 0.1) is 7.11 Å². The van der Waals surface area contributed by atoms with Crippen LogP contribution >= 0.6 is 0 Å². The van der Waals surface area contributed by atoms with Gasteiger partial charge < -0.3 is 9.15 Å². The highest BCUT2D eigenvalue weighted by Gasteiger charge is 2.41. The first kappa shape index (κ1) is 21.4. The minimum absolute atomic E-state index is 0.0178. The van der Waals surface area contributed by atoms with E-state index >= 15 is 0 Å². The highest BCUT2D eigenvalue weighted by molar-refractivity contribution is 7.90. The quantitative estimate of drug-likeness (QED) is 0.643. The van der Waals surface area contributed by atoms with E-state index in [1.54, 1.807) is 29.0 Å². The molecule has 2 aromatic heterocycles. The molecule has 1 N–H and O–H groups in total. The van der Waals surface area contributed by atoms with Gasteiger partial charge in [-0.2, -0.15) is 18.3 Å². The number of alkyl halides is 3. The van der Waals surface area contributed by atoms with E-state index in [0.29, 0.717) is 22.2 Å². The van der Waals surface area contributed by atoms with E-state index in [0.717, 1.165) is 7.05 Å². The molecule has 0 unspecified atom stereocenters. The summed E-state index contributed by atoms with van der Waals surface area (Å²) in [5.74, 6) is -0.665. The molecule has 30 heavy (non-hydrogen) atoms. The van der Waals surface area contributed by atoms with Crippen LogP contribution in [0.3, 0.4) is 0 Å². The molecule has 1 amide bonds. The molecule has 0 atom stereocenters. The highest BCUT2D eigenvalue weighted by Crippen LogP contribution is 2.33. The maximum Gasteiger partial charge on any atom is 0.436 e. The number of oxazole rings is 1. The third-order valence-electron chi connectivity index (χ3n) is 3.93. The lowest BCUT2D eigenvalue weighted by molar-refractivity contribution is -0.143. The Bertz CT molecular complexity index is 1200. The minimum Gasteiger partial charge on any atom is -0.497 e. The minimum atomic E-state index is -5.03. The van der Waals surface area contributed by atoms with Crippen molar-refractivity contribution in [1.82, 2.24) is 19.5 Å². The largest absolute Gasteiger partial charge is 0.497 e. The predicted octanol–water partition coefficient (Wildman–Crippen LogP) is 2.53. The highest BCUT2D eigenvalue weighted by atomic mass is 32.2. The molecule has 0 aliphatic heterocycles. The van der Waals surface area contributed by atoms with Crippen molar-refractivity contribution < 1.29 is 35.5 Å². The summed E-state index contributed by atoms with van der Waals surface area (Å²) >= 11 is 0. The number of rotatable bonds is 5. The Morgan fingerprint density at radius 2 is 1.87 bits per heavy atom. The molecule has 0 saturated carbocycles. The van der Waals surface area contributed by atoms with E-state index in [1.165, 1.54) is 14.0 Å². The van der Waals surface area contributed by atoms with Crippen LogP contribution in [0.15, 0.2) is 39.8 Å². The van der Waals surface area contributed by atoms with E-state index in [4.69, 9.17) is 9.15 Å². The first-order chi connectivity index (χ1) is 13.9. The van der Waals surface area contributed by atoms with Gasteiger partial charge in [0.25, 0.3) is 15.9 Å². The number of hydrogen-bond acceptors (Lipinski definition) is 7. The van der Waals surface area contributed by atoms with Gasteiger partial charge in [0.1, 0.15) is 16.4 Å². The van der Waals surface area contributed by atoms with Crippen LogP contribution in [0, 0.1) is 6.92 Å². The molecule has 0 spiro atoms. The number of benzene rings is 1. The van der Waals surface area contributed by atoms with Gasteiger partial charge in [0, 0.05) is 18.8 Å². The number of aryl methyl sites for hydroxylation is 2. The normalized spacial score (nSPS) is 12.1. The number of sulfonamides is 1. The van der Waals surface area contributed by atoms with E-state index in [-0.39, 0.29) is 17.3 Å².